The number of rotatable bonds is 1. The fourth-order valence-electron chi connectivity index (χ4n) is 1.36. The monoisotopic (exact) mass is 173 g/mol. The van der Waals surface area contributed by atoms with Crippen LogP contribution in [-0.4, -0.2) is 0 Å². The molecule has 1 aromatic carbocycles. The van der Waals surface area contributed by atoms with Crippen molar-refractivity contribution in [2.75, 3.05) is 0 Å². The van der Waals surface area contributed by atoms with Crippen molar-refractivity contribution in [3.8, 4) is 6.07 Å². The van der Waals surface area contributed by atoms with Crippen molar-refractivity contribution in [2.45, 2.75) is 27.2 Å². The number of benzene rings is 1. The second-order valence-corrected chi connectivity index (χ2v) is 4.55. The van der Waals surface area contributed by atoms with Gasteiger partial charge in [-0.25, -0.2) is 0 Å². The molecule has 0 aliphatic rings. The lowest BCUT2D eigenvalue weighted by Gasteiger charge is -2.17. The molecule has 0 spiro atoms. The first kappa shape index (κ1) is 9.80. The zero-order chi connectivity index (χ0) is 9.90. The molecule has 1 nitrogen and oxygen atoms in total. The van der Waals surface area contributed by atoms with Gasteiger partial charge in [0.25, 0.3) is 0 Å². The summed E-state index contributed by atoms with van der Waals surface area (Å²) in [7, 11) is 0. The summed E-state index contributed by atoms with van der Waals surface area (Å²) in [5.41, 5.74) is 2.28. The molecule has 1 rings (SSSR count). The lowest BCUT2D eigenvalue weighted by Crippen LogP contribution is -2.08. The van der Waals surface area contributed by atoms with Gasteiger partial charge in [-0.2, -0.15) is 5.26 Å². The van der Waals surface area contributed by atoms with E-state index in [0.29, 0.717) is 0 Å². The maximum atomic E-state index is 8.71. The van der Waals surface area contributed by atoms with Gasteiger partial charge in [0, 0.05) is 0 Å². The zero-order valence-corrected chi connectivity index (χ0v) is 8.46. The zero-order valence-electron chi connectivity index (χ0n) is 8.46. The molecule has 0 aromatic heterocycles. The molecule has 0 unspecified atom stereocenters. The average Bonchev–Trinajstić information content (AvgIpc) is 2.01. The number of hydrogen-bond donors (Lipinski definition) is 0. The third-order valence-corrected chi connectivity index (χ3v) is 1.79. The normalized spacial score (nSPS) is 10.9. The van der Waals surface area contributed by atoms with E-state index in [1.807, 2.05) is 18.2 Å². The maximum Gasteiger partial charge on any atom is 0.0991 e. The lowest BCUT2D eigenvalue weighted by molar-refractivity contribution is 0.411. The van der Waals surface area contributed by atoms with Gasteiger partial charge < -0.3 is 0 Å². The highest BCUT2D eigenvalue weighted by Crippen LogP contribution is 2.20. The number of nitriles is 1. The summed E-state index contributed by atoms with van der Waals surface area (Å²) < 4.78 is 0. The lowest BCUT2D eigenvalue weighted by atomic mass is 9.88. The molecule has 0 radical (unpaired) electrons. The van der Waals surface area contributed by atoms with Gasteiger partial charge in [0.1, 0.15) is 0 Å². The summed E-state index contributed by atoms with van der Waals surface area (Å²) >= 11 is 0. The molecule has 0 fully saturated rings. The van der Waals surface area contributed by atoms with Crippen molar-refractivity contribution in [3.05, 3.63) is 35.4 Å². The molecule has 1 aromatic rings. The van der Waals surface area contributed by atoms with Gasteiger partial charge in [0.2, 0.25) is 0 Å². The van der Waals surface area contributed by atoms with E-state index in [4.69, 9.17) is 5.26 Å². The van der Waals surface area contributed by atoms with Crippen molar-refractivity contribution in [2.24, 2.45) is 5.41 Å². The van der Waals surface area contributed by atoms with E-state index in [0.717, 1.165) is 12.0 Å². The molecule has 0 aliphatic carbocycles. The van der Waals surface area contributed by atoms with Crippen LogP contribution in [0.3, 0.4) is 0 Å². The summed E-state index contributed by atoms with van der Waals surface area (Å²) in [6.07, 6.45) is 1.02. The summed E-state index contributed by atoms with van der Waals surface area (Å²) in [6, 6.07) is 9.98. The smallest absolute Gasteiger partial charge is 0.0991 e. The molecule has 0 atom stereocenters. The maximum absolute atomic E-state index is 8.71. The Kier molecular flexibility index (Phi) is 2.72. The van der Waals surface area contributed by atoms with Crippen LogP contribution in [0.2, 0.25) is 0 Å². The minimum absolute atomic E-state index is 0.286. The highest BCUT2D eigenvalue weighted by Gasteiger charge is 2.10. The Morgan fingerprint density at radius 3 is 2.54 bits per heavy atom. The Hall–Kier alpha value is -1.29. The van der Waals surface area contributed by atoms with Crippen LogP contribution in [0.15, 0.2) is 24.3 Å². The standard InChI is InChI=1S/C12H15N/c1-12(2,3)8-10-5-4-6-11(7-10)9-13/h4-7H,8H2,1-3H3. The fraction of sp³-hybridized carbons (Fsp3) is 0.417. The quantitative estimate of drug-likeness (QED) is 0.640. The fourth-order valence-corrected chi connectivity index (χ4v) is 1.36. The minimum Gasteiger partial charge on any atom is -0.192 e. The van der Waals surface area contributed by atoms with Crippen molar-refractivity contribution in [1.82, 2.24) is 0 Å². The molecule has 0 heterocycles. The van der Waals surface area contributed by atoms with E-state index in [1.54, 1.807) is 0 Å². The highest BCUT2D eigenvalue weighted by atomic mass is 14.2. The third-order valence-electron chi connectivity index (χ3n) is 1.79. The van der Waals surface area contributed by atoms with Crippen molar-refractivity contribution >= 4 is 0 Å². The molecule has 13 heavy (non-hydrogen) atoms. The molecule has 0 saturated heterocycles. The average molecular weight is 173 g/mol. The first-order valence-electron chi connectivity index (χ1n) is 4.50. The summed E-state index contributed by atoms with van der Waals surface area (Å²) in [5, 5.41) is 8.71. The van der Waals surface area contributed by atoms with Gasteiger partial charge >= 0.3 is 0 Å². The highest BCUT2D eigenvalue weighted by molar-refractivity contribution is 5.33. The molecule has 0 N–H and O–H groups in total. The SMILES string of the molecule is CC(C)(C)Cc1cccc(C#N)c1. The van der Waals surface area contributed by atoms with Crippen molar-refractivity contribution in [1.29, 1.82) is 5.26 Å². The van der Waals surface area contributed by atoms with E-state index in [9.17, 15) is 0 Å². The number of nitrogens with zero attached hydrogens (tertiary/aromatic N) is 1. The summed E-state index contributed by atoms with van der Waals surface area (Å²) in [6.45, 7) is 6.60. The number of hydrogen-bond acceptors (Lipinski definition) is 1. The summed E-state index contributed by atoms with van der Waals surface area (Å²) in [5.74, 6) is 0. The Balaban J connectivity index is 2.86. The van der Waals surface area contributed by atoms with Gasteiger partial charge in [-0.1, -0.05) is 32.9 Å². The Morgan fingerprint density at radius 2 is 2.00 bits per heavy atom. The van der Waals surface area contributed by atoms with Crippen LogP contribution < -0.4 is 0 Å². The molecule has 68 valence electrons. The van der Waals surface area contributed by atoms with Crippen LogP contribution in [-0.2, 0) is 6.42 Å². The summed E-state index contributed by atoms with van der Waals surface area (Å²) in [4.78, 5) is 0. The van der Waals surface area contributed by atoms with Gasteiger partial charge in [-0.05, 0) is 29.5 Å². The molecule has 0 saturated carbocycles. The van der Waals surface area contributed by atoms with Gasteiger partial charge in [-0.3, -0.25) is 0 Å². The molecule has 0 aliphatic heterocycles. The van der Waals surface area contributed by atoms with Crippen LogP contribution in [0, 0.1) is 16.7 Å². The molecule has 1 heteroatoms. The first-order chi connectivity index (χ1) is 6.01. The topological polar surface area (TPSA) is 23.8 Å². The molecule has 0 amide bonds. The van der Waals surface area contributed by atoms with Crippen LogP contribution in [0.25, 0.3) is 0 Å². The van der Waals surface area contributed by atoms with Crippen LogP contribution in [0.4, 0.5) is 0 Å². The van der Waals surface area contributed by atoms with E-state index in [1.165, 1.54) is 5.56 Å². The van der Waals surface area contributed by atoms with E-state index in [-0.39, 0.29) is 5.41 Å². The second kappa shape index (κ2) is 3.62. The van der Waals surface area contributed by atoms with Gasteiger partial charge in [-0.15, -0.1) is 0 Å². The van der Waals surface area contributed by atoms with E-state index < -0.39 is 0 Å². The van der Waals surface area contributed by atoms with Gasteiger partial charge in [0.15, 0.2) is 0 Å². The Morgan fingerprint density at radius 1 is 1.31 bits per heavy atom. The van der Waals surface area contributed by atoms with E-state index in [2.05, 4.69) is 32.9 Å². The van der Waals surface area contributed by atoms with Crippen LogP contribution in [0.5, 0.6) is 0 Å². The largest absolute Gasteiger partial charge is 0.192 e. The van der Waals surface area contributed by atoms with Gasteiger partial charge in [0.05, 0.1) is 11.6 Å². The molecule has 0 bridgehead atoms. The second-order valence-electron chi connectivity index (χ2n) is 4.55. The van der Waals surface area contributed by atoms with Crippen molar-refractivity contribution < 1.29 is 0 Å². The Labute approximate surface area is 80.0 Å². The minimum atomic E-state index is 0.286. The molecular weight excluding hydrogens is 158 g/mol. The first-order valence-corrected chi connectivity index (χ1v) is 4.50. The predicted octanol–water partition coefficient (Wildman–Crippen LogP) is 3.15. The van der Waals surface area contributed by atoms with Crippen LogP contribution in [0.1, 0.15) is 31.9 Å². The predicted molar refractivity (Wildman–Crippen MR) is 54.3 cm³/mol. The Bertz CT molecular complexity index is 326. The van der Waals surface area contributed by atoms with Crippen LogP contribution >= 0.6 is 0 Å². The van der Waals surface area contributed by atoms with Crippen molar-refractivity contribution in [3.63, 3.8) is 0 Å². The third kappa shape index (κ3) is 3.29. The molecular formula is C12H15N. The van der Waals surface area contributed by atoms with E-state index >= 15 is 0 Å².